The van der Waals surface area contributed by atoms with Crippen molar-refractivity contribution in [3.05, 3.63) is 0 Å². The fourth-order valence-electron chi connectivity index (χ4n) is 0.395. The van der Waals surface area contributed by atoms with Gasteiger partial charge in [-0.15, -0.1) is 11.6 Å². The Morgan fingerprint density at radius 2 is 2.44 bits per heavy atom. The van der Waals surface area contributed by atoms with Crippen molar-refractivity contribution in [2.45, 2.75) is 25.1 Å². The van der Waals surface area contributed by atoms with E-state index in [1.165, 1.54) is 6.92 Å². The maximum atomic E-state index is 10.4. The second-order valence-corrected chi connectivity index (χ2v) is 2.30. The summed E-state index contributed by atoms with van der Waals surface area (Å²) in [5.41, 5.74) is 0. The summed E-state index contributed by atoms with van der Waals surface area (Å²) in [6.45, 7) is 1.43. The molecule has 0 saturated heterocycles. The molecule has 9 heavy (non-hydrogen) atoms. The van der Waals surface area contributed by atoms with Gasteiger partial charge < -0.3 is 0 Å². The summed E-state index contributed by atoms with van der Waals surface area (Å²) in [5, 5.41) is 7.61. The second kappa shape index (κ2) is 4.34. The highest BCUT2D eigenvalue weighted by Crippen LogP contribution is 2.04. The summed E-state index contributed by atoms with van der Waals surface area (Å²) in [6, 6.07) is 1.92. The van der Waals surface area contributed by atoms with E-state index in [-0.39, 0.29) is 5.78 Å². The lowest BCUT2D eigenvalue weighted by Gasteiger charge is -1.98. The van der Waals surface area contributed by atoms with Crippen LogP contribution in [-0.4, -0.2) is 11.2 Å². The molecule has 0 spiro atoms. The number of hydrogen-bond donors (Lipinski definition) is 0. The number of halogens is 1. The van der Waals surface area contributed by atoms with E-state index in [2.05, 4.69) is 0 Å². The molecule has 2 nitrogen and oxygen atoms in total. The van der Waals surface area contributed by atoms with Crippen LogP contribution in [-0.2, 0) is 4.79 Å². The fourth-order valence-corrected chi connectivity index (χ4v) is 0.504. The molecule has 0 N–H and O–H groups in total. The van der Waals surface area contributed by atoms with Crippen LogP contribution in [0.2, 0.25) is 0 Å². The Balaban J connectivity index is 3.41. The molecule has 0 aromatic heterocycles. The quantitative estimate of drug-likeness (QED) is 0.565. The molecule has 0 aliphatic heterocycles. The highest BCUT2D eigenvalue weighted by Gasteiger charge is 2.07. The fraction of sp³-hybridized carbons (Fsp3) is 0.667. The van der Waals surface area contributed by atoms with Gasteiger partial charge in [0, 0.05) is 6.42 Å². The number of carbonyl (C=O) groups is 1. The highest BCUT2D eigenvalue weighted by molar-refractivity contribution is 6.30. The van der Waals surface area contributed by atoms with Crippen LogP contribution in [0.1, 0.15) is 19.8 Å². The first-order valence-corrected chi connectivity index (χ1v) is 3.13. The maximum Gasteiger partial charge on any atom is 0.147 e. The van der Waals surface area contributed by atoms with E-state index < -0.39 is 5.38 Å². The van der Waals surface area contributed by atoms with Crippen molar-refractivity contribution < 1.29 is 4.79 Å². The number of rotatable bonds is 3. The predicted molar refractivity (Wildman–Crippen MR) is 35.2 cm³/mol. The van der Waals surface area contributed by atoms with Gasteiger partial charge in [0.05, 0.1) is 11.4 Å². The molecular formula is C6H8ClNO. The topological polar surface area (TPSA) is 40.9 Å². The van der Waals surface area contributed by atoms with Gasteiger partial charge in [-0.3, -0.25) is 4.79 Å². The molecule has 0 aliphatic rings. The van der Waals surface area contributed by atoms with E-state index in [4.69, 9.17) is 16.9 Å². The second-order valence-electron chi connectivity index (χ2n) is 1.77. The van der Waals surface area contributed by atoms with Gasteiger partial charge in [-0.1, -0.05) is 0 Å². The summed E-state index contributed by atoms with van der Waals surface area (Å²) in [6.07, 6.45) is 0.821. The lowest BCUT2D eigenvalue weighted by molar-refractivity contribution is -0.116. The molecule has 0 aromatic carbocycles. The summed E-state index contributed by atoms with van der Waals surface area (Å²) >= 11 is 5.49. The minimum absolute atomic E-state index is 0.0630. The molecule has 50 valence electrons. The average molecular weight is 146 g/mol. The zero-order valence-electron chi connectivity index (χ0n) is 5.22. The largest absolute Gasteiger partial charge is 0.298 e. The van der Waals surface area contributed by atoms with E-state index in [0.717, 1.165) is 0 Å². The minimum Gasteiger partial charge on any atom is -0.298 e. The average Bonchev–Trinajstić information content (AvgIpc) is 1.82. The number of hydrogen-bond acceptors (Lipinski definition) is 2. The summed E-state index contributed by atoms with van der Waals surface area (Å²) in [5.74, 6) is -0.0630. The third-order valence-electron chi connectivity index (χ3n) is 0.951. The number of carbonyl (C=O) groups excluding carboxylic acids is 1. The van der Waals surface area contributed by atoms with E-state index in [1.807, 2.05) is 6.07 Å². The molecule has 3 heteroatoms. The smallest absolute Gasteiger partial charge is 0.147 e. The Hall–Kier alpha value is -0.550. The van der Waals surface area contributed by atoms with Crippen LogP contribution >= 0.6 is 11.6 Å². The van der Waals surface area contributed by atoms with Crippen molar-refractivity contribution in [3.8, 4) is 6.07 Å². The maximum absolute atomic E-state index is 10.4. The van der Waals surface area contributed by atoms with Crippen LogP contribution in [0, 0.1) is 11.3 Å². The third-order valence-corrected chi connectivity index (χ3v) is 1.48. The third kappa shape index (κ3) is 3.99. The number of nitrogens with zero attached hydrogens (tertiary/aromatic N) is 1. The molecule has 0 rings (SSSR count). The summed E-state index contributed by atoms with van der Waals surface area (Å²) in [4.78, 5) is 10.4. The Morgan fingerprint density at radius 1 is 1.89 bits per heavy atom. The van der Waals surface area contributed by atoms with Crippen molar-refractivity contribution in [2.75, 3.05) is 0 Å². The molecule has 0 bridgehead atoms. The van der Waals surface area contributed by atoms with Crippen molar-refractivity contribution in [1.82, 2.24) is 0 Å². The van der Waals surface area contributed by atoms with Crippen LogP contribution in [0.25, 0.3) is 0 Å². The van der Waals surface area contributed by atoms with E-state index in [0.29, 0.717) is 12.8 Å². The SMILES string of the molecule is CC(=O)C(Cl)CCC#N. The zero-order valence-corrected chi connectivity index (χ0v) is 5.98. The van der Waals surface area contributed by atoms with Gasteiger partial charge in [-0.2, -0.15) is 5.26 Å². The van der Waals surface area contributed by atoms with Gasteiger partial charge >= 0.3 is 0 Å². The summed E-state index contributed by atoms with van der Waals surface area (Å²) in [7, 11) is 0. The minimum atomic E-state index is -0.468. The van der Waals surface area contributed by atoms with Gasteiger partial charge in [0.1, 0.15) is 5.78 Å². The number of ketones is 1. The molecule has 0 amide bonds. The van der Waals surface area contributed by atoms with Crippen LogP contribution in [0.5, 0.6) is 0 Å². The molecule has 0 heterocycles. The first-order valence-electron chi connectivity index (χ1n) is 2.70. The first kappa shape index (κ1) is 8.45. The Kier molecular flexibility index (Phi) is 4.08. The number of nitriles is 1. The molecular weight excluding hydrogens is 138 g/mol. The molecule has 0 aliphatic carbocycles. The van der Waals surface area contributed by atoms with Crippen LogP contribution in [0.3, 0.4) is 0 Å². The Bertz CT molecular complexity index is 138. The van der Waals surface area contributed by atoms with Gasteiger partial charge in [0.15, 0.2) is 0 Å². The van der Waals surface area contributed by atoms with Gasteiger partial charge in [0.25, 0.3) is 0 Å². The zero-order chi connectivity index (χ0) is 7.28. The molecule has 0 fully saturated rings. The van der Waals surface area contributed by atoms with E-state index >= 15 is 0 Å². The van der Waals surface area contributed by atoms with Crippen molar-refractivity contribution in [1.29, 1.82) is 5.26 Å². The van der Waals surface area contributed by atoms with Crippen molar-refractivity contribution in [2.24, 2.45) is 0 Å². The lowest BCUT2D eigenvalue weighted by Crippen LogP contribution is -2.08. The Labute approximate surface area is 59.4 Å². The van der Waals surface area contributed by atoms with Crippen LogP contribution in [0.15, 0.2) is 0 Å². The predicted octanol–water partition coefficient (Wildman–Crippen LogP) is 1.49. The number of Topliss-reactive ketones (excluding diaryl/α,β-unsaturated/α-hetero) is 1. The summed E-state index contributed by atoms with van der Waals surface area (Å²) < 4.78 is 0. The van der Waals surface area contributed by atoms with Gasteiger partial charge in [-0.25, -0.2) is 0 Å². The van der Waals surface area contributed by atoms with E-state index in [9.17, 15) is 4.79 Å². The van der Waals surface area contributed by atoms with E-state index in [1.54, 1.807) is 0 Å². The van der Waals surface area contributed by atoms with Crippen molar-refractivity contribution >= 4 is 17.4 Å². The van der Waals surface area contributed by atoms with Crippen LogP contribution in [0.4, 0.5) is 0 Å². The molecule has 0 aromatic rings. The van der Waals surface area contributed by atoms with Gasteiger partial charge in [-0.05, 0) is 13.3 Å². The van der Waals surface area contributed by atoms with Gasteiger partial charge in [0.2, 0.25) is 0 Å². The molecule has 1 atom stereocenters. The molecule has 1 unspecified atom stereocenters. The highest BCUT2D eigenvalue weighted by atomic mass is 35.5. The molecule has 0 saturated carbocycles. The normalized spacial score (nSPS) is 12.1. The first-order chi connectivity index (χ1) is 4.18. The Morgan fingerprint density at radius 3 is 2.78 bits per heavy atom. The number of alkyl halides is 1. The molecule has 0 radical (unpaired) electrons. The standard InChI is InChI=1S/C6H8ClNO/c1-5(9)6(7)3-2-4-8/h6H,2-3H2,1H3. The van der Waals surface area contributed by atoms with Crippen LogP contribution < -0.4 is 0 Å². The monoisotopic (exact) mass is 145 g/mol. The van der Waals surface area contributed by atoms with Crippen molar-refractivity contribution in [3.63, 3.8) is 0 Å². The lowest BCUT2D eigenvalue weighted by atomic mass is 10.2.